The van der Waals surface area contributed by atoms with Crippen molar-refractivity contribution in [1.29, 1.82) is 0 Å². The van der Waals surface area contributed by atoms with Crippen LogP contribution in [0, 0.1) is 0 Å². The Morgan fingerprint density at radius 1 is 1.12 bits per heavy atom. The van der Waals surface area contributed by atoms with Gasteiger partial charge in [-0.1, -0.05) is 35.3 Å². The highest BCUT2D eigenvalue weighted by Gasteiger charge is 2.09. The SMILES string of the molecule is COc1cc(/C=C/C(=O)c2ccc(Cl)cc2Cl)ccc1OCC(=O)O. The molecular weight excluding hydrogens is 367 g/mol. The van der Waals surface area contributed by atoms with Gasteiger partial charge in [0.05, 0.1) is 12.1 Å². The number of hydrogen-bond donors (Lipinski definition) is 1. The van der Waals surface area contributed by atoms with Crippen LogP contribution in [0.25, 0.3) is 6.08 Å². The fourth-order valence-electron chi connectivity index (χ4n) is 2.00. The summed E-state index contributed by atoms with van der Waals surface area (Å²) in [6, 6.07) is 9.52. The Labute approximate surface area is 154 Å². The van der Waals surface area contributed by atoms with E-state index in [4.69, 9.17) is 37.8 Å². The number of halogens is 2. The van der Waals surface area contributed by atoms with Gasteiger partial charge in [-0.25, -0.2) is 4.79 Å². The molecule has 0 bridgehead atoms. The zero-order valence-corrected chi connectivity index (χ0v) is 14.7. The predicted octanol–water partition coefficient (Wildman–Crippen LogP) is 4.36. The molecule has 0 aliphatic carbocycles. The van der Waals surface area contributed by atoms with E-state index in [1.807, 2.05) is 0 Å². The average Bonchev–Trinajstić information content (AvgIpc) is 2.58. The fraction of sp³-hybridized carbons (Fsp3) is 0.111. The first kappa shape index (κ1) is 18.8. The summed E-state index contributed by atoms with van der Waals surface area (Å²) < 4.78 is 10.3. The first-order valence-electron chi connectivity index (χ1n) is 7.11. The van der Waals surface area contributed by atoms with Crippen LogP contribution < -0.4 is 9.47 Å². The molecule has 25 heavy (non-hydrogen) atoms. The molecule has 0 radical (unpaired) electrons. The summed E-state index contributed by atoms with van der Waals surface area (Å²) in [5, 5.41) is 9.38. The Balaban J connectivity index is 2.17. The summed E-state index contributed by atoms with van der Waals surface area (Å²) in [6.07, 6.45) is 2.97. The number of benzene rings is 2. The van der Waals surface area contributed by atoms with Gasteiger partial charge in [0.2, 0.25) is 0 Å². The second-order valence-corrected chi connectivity index (χ2v) is 5.76. The molecule has 7 heteroatoms. The second-order valence-electron chi connectivity index (χ2n) is 4.91. The number of hydrogen-bond acceptors (Lipinski definition) is 4. The molecule has 2 rings (SSSR count). The molecule has 0 aliphatic rings. The summed E-state index contributed by atoms with van der Waals surface area (Å²) in [5.74, 6) is -0.696. The normalized spacial score (nSPS) is 10.7. The first-order valence-corrected chi connectivity index (χ1v) is 7.86. The van der Waals surface area contributed by atoms with Gasteiger partial charge in [0.25, 0.3) is 0 Å². The molecule has 2 aromatic rings. The van der Waals surface area contributed by atoms with Gasteiger partial charge in [0, 0.05) is 10.6 Å². The Bertz CT molecular complexity index is 830. The Morgan fingerprint density at radius 3 is 2.52 bits per heavy atom. The van der Waals surface area contributed by atoms with Crippen molar-refractivity contribution in [3.63, 3.8) is 0 Å². The summed E-state index contributed by atoms with van der Waals surface area (Å²) in [7, 11) is 1.44. The third-order valence-electron chi connectivity index (χ3n) is 3.16. The van der Waals surface area contributed by atoms with Crippen molar-refractivity contribution < 1.29 is 24.2 Å². The summed E-state index contributed by atoms with van der Waals surface area (Å²) in [5.41, 5.74) is 1.02. The van der Waals surface area contributed by atoms with E-state index in [1.54, 1.807) is 36.4 Å². The van der Waals surface area contributed by atoms with Gasteiger partial charge in [-0.05, 0) is 42.0 Å². The number of carbonyl (C=O) groups excluding carboxylic acids is 1. The zero-order valence-electron chi connectivity index (χ0n) is 13.2. The highest BCUT2D eigenvalue weighted by atomic mass is 35.5. The van der Waals surface area contributed by atoms with Crippen LogP contribution in [0.15, 0.2) is 42.5 Å². The lowest BCUT2D eigenvalue weighted by Gasteiger charge is -2.09. The van der Waals surface area contributed by atoms with Gasteiger partial charge in [0.1, 0.15) is 0 Å². The Hall–Kier alpha value is -2.50. The number of rotatable bonds is 7. The molecule has 0 aromatic heterocycles. The minimum atomic E-state index is -1.09. The topological polar surface area (TPSA) is 72.8 Å². The van der Waals surface area contributed by atoms with Gasteiger partial charge < -0.3 is 14.6 Å². The molecule has 0 atom stereocenters. The number of carboxylic acid groups (broad SMARTS) is 1. The second kappa shape index (κ2) is 8.55. The molecule has 0 heterocycles. The van der Waals surface area contributed by atoms with Gasteiger partial charge >= 0.3 is 5.97 Å². The Kier molecular flexibility index (Phi) is 6.44. The van der Waals surface area contributed by atoms with Crippen molar-refractivity contribution in [2.75, 3.05) is 13.7 Å². The third kappa shape index (κ3) is 5.24. The summed E-state index contributed by atoms with van der Waals surface area (Å²) >= 11 is 11.8. The van der Waals surface area contributed by atoms with E-state index in [2.05, 4.69) is 0 Å². The lowest BCUT2D eigenvalue weighted by Crippen LogP contribution is -2.10. The van der Waals surface area contributed by atoms with Crippen LogP contribution in [-0.2, 0) is 4.79 Å². The largest absolute Gasteiger partial charge is 0.493 e. The van der Waals surface area contributed by atoms with Gasteiger partial charge in [0.15, 0.2) is 23.9 Å². The molecule has 0 saturated heterocycles. The molecule has 0 aliphatic heterocycles. The first-order chi connectivity index (χ1) is 11.9. The average molecular weight is 381 g/mol. The molecule has 0 unspecified atom stereocenters. The van der Waals surface area contributed by atoms with Gasteiger partial charge in [-0.2, -0.15) is 0 Å². The van der Waals surface area contributed by atoms with E-state index in [-0.39, 0.29) is 10.8 Å². The van der Waals surface area contributed by atoms with E-state index in [9.17, 15) is 9.59 Å². The van der Waals surface area contributed by atoms with E-state index in [1.165, 1.54) is 19.3 Å². The lowest BCUT2D eigenvalue weighted by molar-refractivity contribution is -0.139. The maximum Gasteiger partial charge on any atom is 0.341 e. The Morgan fingerprint density at radius 2 is 1.88 bits per heavy atom. The van der Waals surface area contributed by atoms with Crippen molar-refractivity contribution in [3.8, 4) is 11.5 Å². The number of carbonyl (C=O) groups is 2. The molecule has 1 N–H and O–H groups in total. The van der Waals surface area contributed by atoms with Crippen molar-refractivity contribution in [1.82, 2.24) is 0 Å². The van der Waals surface area contributed by atoms with E-state index in [0.717, 1.165) is 0 Å². The number of aliphatic carboxylic acids is 1. The number of allylic oxidation sites excluding steroid dienone is 1. The minimum Gasteiger partial charge on any atom is -0.493 e. The smallest absolute Gasteiger partial charge is 0.341 e. The molecular formula is C18H14Cl2O5. The molecule has 5 nitrogen and oxygen atoms in total. The quantitative estimate of drug-likeness (QED) is 0.570. The third-order valence-corrected chi connectivity index (χ3v) is 3.71. The highest BCUT2D eigenvalue weighted by Crippen LogP contribution is 2.29. The standard InChI is InChI=1S/C18H14Cl2O5/c1-24-17-8-11(3-7-16(17)25-10-18(22)23)2-6-15(21)13-5-4-12(19)9-14(13)20/h2-9H,10H2,1H3,(H,22,23)/b6-2+. The van der Waals surface area contributed by atoms with E-state index < -0.39 is 12.6 Å². The van der Waals surface area contributed by atoms with E-state index >= 15 is 0 Å². The number of methoxy groups -OCH3 is 1. The van der Waals surface area contributed by atoms with Crippen molar-refractivity contribution in [2.45, 2.75) is 0 Å². The summed E-state index contributed by atoms with van der Waals surface area (Å²) in [4.78, 5) is 22.8. The van der Waals surface area contributed by atoms with Crippen LogP contribution in [0.4, 0.5) is 0 Å². The van der Waals surface area contributed by atoms with Crippen LogP contribution >= 0.6 is 23.2 Å². The molecule has 0 fully saturated rings. The molecule has 0 saturated carbocycles. The zero-order chi connectivity index (χ0) is 18.4. The predicted molar refractivity (Wildman–Crippen MR) is 96.0 cm³/mol. The van der Waals surface area contributed by atoms with Crippen LogP contribution in [-0.4, -0.2) is 30.6 Å². The highest BCUT2D eigenvalue weighted by molar-refractivity contribution is 6.37. The van der Waals surface area contributed by atoms with Crippen LogP contribution in [0.5, 0.6) is 11.5 Å². The van der Waals surface area contributed by atoms with Crippen LogP contribution in [0.2, 0.25) is 10.0 Å². The number of ketones is 1. The fourth-order valence-corrected chi connectivity index (χ4v) is 2.50. The molecule has 130 valence electrons. The monoisotopic (exact) mass is 380 g/mol. The molecule has 0 spiro atoms. The lowest BCUT2D eigenvalue weighted by atomic mass is 10.1. The summed E-state index contributed by atoms with van der Waals surface area (Å²) in [6.45, 7) is -0.473. The van der Waals surface area contributed by atoms with Crippen LogP contribution in [0.1, 0.15) is 15.9 Å². The minimum absolute atomic E-state index is 0.271. The van der Waals surface area contributed by atoms with Crippen LogP contribution in [0.3, 0.4) is 0 Å². The molecule has 0 amide bonds. The van der Waals surface area contributed by atoms with E-state index in [0.29, 0.717) is 27.6 Å². The van der Waals surface area contributed by atoms with Crippen molar-refractivity contribution in [2.24, 2.45) is 0 Å². The maximum atomic E-state index is 12.2. The van der Waals surface area contributed by atoms with Gasteiger partial charge in [-0.3, -0.25) is 4.79 Å². The number of ether oxygens (including phenoxy) is 2. The molecule has 2 aromatic carbocycles. The number of carboxylic acids is 1. The maximum absolute atomic E-state index is 12.2. The van der Waals surface area contributed by atoms with Crippen molar-refractivity contribution in [3.05, 3.63) is 63.6 Å². The van der Waals surface area contributed by atoms with Crippen molar-refractivity contribution >= 4 is 41.0 Å². The van der Waals surface area contributed by atoms with Gasteiger partial charge in [-0.15, -0.1) is 0 Å².